The lowest BCUT2D eigenvalue weighted by molar-refractivity contribution is 0.289. The summed E-state index contributed by atoms with van der Waals surface area (Å²) in [6, 6.07) is 16.4. The Morgan fingerprint density at radius 1 is 1.00 bits per heavy atom. The molecule has 0 radical (unpaired) electrons. The second-order valence-corrected chi connectivity index (χ2v) is 7.75. The SMILES string of the molecule is Cc1ccc(-c2cc(C)c(OCc3c(C)cccc3-n3[nH]n(C)c3=O)nc2C)cc1. The average Bonchev–Trinajstić information content (AvgIpc) is 2.73. The summed E-state index contributed by atoms with van der Waals surface area (Å²) in [7, 11) is 1.69. The van der Waals surface area contributed by atoms with Gasteiger partial charge >= 0.3 is 5.69 Å². The first-order valence-electron chi connectivity index (χ1n) is 9.96. The number of hydrogen-bond donors (Lipinski definition) is 1. The van der Waals surface area contributed by atoms with Crippen LogP contribution in [0.5, 0.6) is 5.88 Å². The van der Waals surface area contributed by atoms with Crippen molar-refractivity contribution in [3.63, 3.8) is 0 Å². The molecule has 6 heteroatoms. The third kappa shape index (κ3) is 3.56. The van der Waals surface area contributed by atoms with E-state index in [2.05, 4.69) is 42.5 Å². The molecule has 6 nitrogen and oxygen atoms in total. The lowest BCUT2D eigenvalue weighted by Crippen LogP contribution is -2.40. The largest absolute Gasteiger partial charge is 0.473 e. The van der Waals surface area contributed by atoms with E-state index in [0.717, 1.165) is 39.2 Å². The fourth-order valence-corrected chi connectivity index (χ4v) is 3.58. The molecule has 0 aliphatic rings. The first kappa shape index (κ1) is 19.8. The highest BCUT2D eigenvalue weighted by atomic mass is 16.5. The number of aromatic amines is 1. The minimum Gasteiger partial charge on any atom is -0.473 e. The number of rotatable bonds is 5. The highest BCUT2D eigenvalue weighted by Crippen LogP contribution is 2.29. The first-order valence-corrected chi connectivity index (χ1v) is 9.96. The molecule has 0 aliphatic carbocycles. The molecule has 2 aromatic carbocycles. The molecule has 4 aromatic rings. The summed E-state index contributed by atoms with van der Waals surface area (Å²) in [5, 5.41) is 2.97. The van der Waals surface area contributed by atoms with Crippen LogP contribution in [-0.2, 0) is 13.7 Å². The van der Waals surface area contributed by atoms with E-state index in [9.17, 15) is 4.79 Å². The molecule has 4 rings (SSSR count). The second kappa shape index (κ2) is 7.71. The van der Waals surface area contributed by atoms with Crippen molar-refractivity contribution >= 4 is 0 Å². The van der Waals surface area contributed by atoms with Crippen molar-refractivity contribution in [1.29, 1.82) is 0 Å². The lowest BCUT2D eigenvalue weighted by Gasteiger charge is -2.19. The number of nitrogens with zero attached hydrogens (tertiary/aromatic N) is 3. The van der Waals surface area contributed by atoms with Gasteiger partial charge in [0.1, 0.15) is 6.61 Å². The van der Waals surface area contributed by atoms with Crippen molar-refractivity contribution in [3.05, 3.63) is 87.0 Å². The Hall–Kier alpha value is -3.54. The molecule has 30 heavy (non-hydrogen) atoms. The highest BCUT2D eigenvalue weighted by Gasteiger charge is 2.15. The average molecular weight is 402 g/mol. The van der Waals surface area contributed by atoms with Crippen molar-refractivity contribution in [1.82, 2.24) is 19.6 Å². The van der Waals surface area contributed by atoms with Gasteiger partial charge in [0.25, 0.3) is 0 Å². The van der Waals surface area contributed by atoms with Crippen LogP contribution in [0.4, 0.5) is 0 Å². The van der Waals surface area contributed by atoms with E-state index in [1.54, 1.807) is 7.05 Å². The van der Waals surface area contributed by atoms with E-state index >= 15 is 0 Å². The molecule has 0 unspecified atom stereocenters. The minimum absolute atomic E-state index is 0.102. The van der Waals surface area contributed by atoms with Crippen LogP contribution in [0.2, 0.25) is 0 Å². The normalized spacial score (nSPS) is 11.1. The van der Waals surface area contributed by atoms with E-state index in [0.29, 0.717) is 12.5 Å². The summed E-state index contributed by atoms with van der Waals surface area (Å²) in [5.41, 5.74) is 8.09. The van der Waals surface area contributed by atoms with Crippen molar-refractivity contribution in [3.8, 4) is 22.7 Å². The molecule has 0 bridgehead atoms. The summed E-state index contributed by atoms with van der Waals surface area (Å²) in [6.07, 6.45) is 0. The summed E-state index contributed by atoms with van der Waals surface area (Å²) in [5.74, 6) is 0.609. The Morgan fingerprint density at radius 3 is 2.40 bits per heavy atom. The number of H-pyrrole nitrogens is 1. The zero-order chi connectivity index (χ0) is 21.4. The lowest BCUT2D eigenvalue weighted by atomic mass is 10.0. The van der Waals surface area contributed by atoms with Crippen molar-refractivity contribution in [2.24, 2.45) is 7.05 Å². The van der Waals surface area contributed by atoms with E-state index in [4.69, 9.17) is 9.72 Å². The summed E-state index contributed by atoms with van der Waals surface area (Å²) in [4.78, 5) is 16.9. The number of aryl methyl sites for hydroxylation is 5. The Kier molecular flexibility index (Phi) is 5.08. The fraction of sp³-hybridized carbons (Fsp3) is 0.250. The van der Waals surface area contributed by atoms with Gasteiger partial charge in [-0.1, -0.05) is 42.0 Å². The van der Waals surface area contributed by atoms with Gasteiger partial charge < -0.3 is 4.74 Å². The van der Waals surface area contributed by atoms with E-state index in [1.165, 1.54) is 14.9 Å². The molecule has 0 fully saturated rings. The number of pyridine rings is 1. The molecule has 0 saturated heterocycles. The van der Waals surface area contributed by atoms with Crippen LogP contribution in [0.3, 0.4) is 0 Å². The van der Waals surface area contributed by atoms with Gasteiger partial charge in [-0.05, 0) is 51.0 Å². The number of ether oxygens (including phenoxy) is 1. The molecule has 0 saturated carbocycles. The van der Waals surface area contributed by atoms with Crippen molar-refractivity contribution < 1.29 is 4.74 Å². The molecular weight excluding hydrogens is 376 g/mol. The van der Waals surface area contributed by atoms with Gasteiger partial charge in [-0.2, -0.15) is 4.68 Å². The van der Waals surface area contributed by atoms with Gasteiger partial charge in [-0.25, -0.2) is 19.7 Å². The Balaban J connectivity index is 1.62. The van der Waals surface area contributed by atoms with Gasteiger partial charge in [0.15, 0.2) is 0 Å². The van der Waals surface area contributed by atoms with Crippen LogP contribution < -0.4 is 10.4 Å². The monoisotopic (exact) mass is 402 g/mol. The van der Waals surface area contributed by atoms with Crippen LogP contribution in [0, 0.1) is 27.7 Å². The van der Waals surface area contributed by atoms with Gasteiger partial charge in [0.2, 0.25) is 5.88 Å². The zero-order valence-electron chi connectivity index (χ0n) is 18.0. The molecule has 0 spiro atoms. The van der Waals surface area contributed by atoms with Crippen LogP contribution >= 0.6 is 0 Å². The minimum atomic E-state index is -0.102. The van der Waals surface area contributed by atoms with Gasteiger partial charge in [0, 0.05) is 29.4 Å². The Labute approximate surface area is 175 Å². The Morgan fingerprint density at radius 2 is 1.73 bits per heavy atom. The second-order valence-electron chi connectivity index (χ2n) is 7.75. The van der Waals surface area contributed by atoms with E-state index < -0.39 is 0 Å². The van der Waals surface area contributed by atoms with Crippen LogP contribution in [0.15, 0.2) is 53.3 Å². The number of nitrogens with one attached hydrogen (secondary N) is 1. The summed E-state index contributed by atoms with van der Waals surface area (Å²) in [6.45, 7) is 8.43. The highest BCUT2D eigenvalue weighted by molar-refractivity contribution is 5.67. The quantitative estimate of drug-likeness (QED) is 0.539. The van der Waals surface area contributed by atoms with E-state index in [1.807, 2.05) is 39.0 Å². The molecule has 2 heterocycles. The van der Waals surface area contributed by atoms with Gasteiger partial charge in [-0.3, -0.25) is 0 Å². The number of aromatic nitrogens is 4. The molecule has 0 aliphatic heterocycles. The van der Waals surface area contributed by atoms with Crippen LogP contribution in [-0.4, -0.2) is 19.6 Å². The molecular formula is C24H26N4O2. The summed E-state index contributed by atoms with van der Waals surface area (Å²) >= 11 is 0. The molecule has 0 amide bonds. The fourth-order valence-electron chi connectivity index (χ4n) is 3.58. The standard InChI is InChI=1S/C24H26N4O2/c1-15-9-11-19(12-10-15)20-13-17(3)23(25-18(20)4)30-14-21-16(2)7-6-8-22(21)28-24(29)27(5)26-28/h6-13,26H,14H2,1-5H3. The van der Waals surface area contributed by atoms with Gasteiger partial charge in [-0.15, -0.1) is 0 Å². The van der Waals surface area contributed by atoms with Crippen molar-refractivity contribution in [2.45, 2.75) is 34.3 Å². The topological polar surface area (TPSA) is 64.8 Å². The molecule has 2 aromatic heterocycles. The smallest absolute Gasteiger partial charge is 0.364 e. The Bertz CT molecular complexity index is 1260. The third-order valence-corrected chi connectivity index (χ3v) is 5.43. The van der Waals surface area contributed by atoms with Crippen molar-refractivity contribution in [2.75, 3.05) is 0 Å². The molecule has 1 N–H and O–H groups in total. The van der Waals surface area contributed by atoms with Crippen LogP contribution in [0.25, 0.3) is 16.8 Å². The predicted octanol–water partition coefficient (Wildman–Crippen LogP) is 4.38. The van der Waals surface area contributed by atoms with Gasteiger partial charge in [0.05, 0.1) is 5.69 Å². The number of benzene rings is 2. The summed E-state index contributed by atoms with van der Waals surface area (Å²) < 4.78 is 9.09. The van der Waals surface area contributed by atoms with Crippen LogP contribution in [0.1, 0.15) is 27.9 Å². The first-order chi connectivity index (χ1) is 14.3. The zero-order valence-corrected chi connectivity index (χ0v) is 18.0. The maximum Gasteiger partial charge on any atom is 0.364 e. The maximum atomic E-state index is 12.1. The number of hydrogen-bond acceptors (Lipinski definition) is 3. The third-order valence-electron chi connectivity index (χ3n) is 5.43. The van der Waals surface area contributed by atoms with E-state index in [-0.39, 0.29) is 5.69 Å². The molecule has 0 atom stereocenters. The predicted molar refractivity (Wildman–Crippen MR) is 118 cm³/mol. The molecule has 154 valence electrons. The maximum absolute atomic E-state index is 12.1.